The summed E-state index contributed by atoms with van der Waals surface area (Å²) in [5.41, 5.74) is 8.55. The molecular weight excluding hydrogens is 330 g/mol. The van der Waals surface area contributed by atoms with Crippen LogP contribution in [0, 0.1) is 0 Å². The highest BCUT2D eigenvalue weighted by molar-refractivity contribution is 5.98. The molecule has 1 heterocycles. The molecule has 6 heteroatoms. The lowest BCUT2D eigenvalue weighted by molar-refractivity contribution is -0.123. The van der Waals surface area contributed by atoms with Crippen molar-refractivity contribution in [3.05, 3.63) is 34.9 Å². The number of fused-ring (bicyclic) bond motifs is 1. The van der Waals surface area contributed by atoms with E-state index >= 15 is 0 Å². The zero-order valence-electron chi connectivity index (χ0n) is 15.1. The zero-order chi connectivity index (χ0) is 18.5. The van der Waals surface area contributed by atoms with Gasteiger partial charge in [0.25, 0.3) is 0 Å². The van der Waals surface area contributed by atoms with E-state index in [0.29, 0.717) is 0 Å². The van der Waals surface area contributed by atoms with Crippen molar-refractivity contribution in [2.75, 3.05) is 19.6 Å². The molecule has 2 aliphatic rings. The Hall–Kier alpha value is -2.21. The van der Waals surface area contributed by atoms with E-state index < -0.39 is 0 Å². The Bertz CT molecular complexity index is 694. The van der Waals surface area contributed by atoms with Gasteiger partial charge in [-0.25, -0.2) is 0 Å². The summed E-state index contributed by atoms with van der Waals surface area (Å²) in [6, 6.07) is 6.05. The minimum absolute atomic E-state index is 0.0335. The van der Waals surface area contributed by atoms with Crippen molar-refractivity contribution in [2.24, 2.45) is 5.73 Å². The first-order chi connectivity index (χ1) is 12.5. The predicted octanol–water partition coefficient (Wildman–Crippen LogP) is 1.20. The molecule has 3 N–H and O–H groups in total. The summed E-state index contributed by atoms with van der Waals surface area (Å²) in [7, 11) is 0. The second-order valence-electron chi connectivity index (χ2n) is 7.34. The fourth-order valence-electron chi connectivity index (χ4n) is 3.87. The molecule has 0 radical (unpaired) electrons. The predicted molar refractivity (Wildman–Crippen MR) is 98.8 cm³/mol. The summed E-state index contributed by atoms with van der Waals surface area (Å²) in [5, 5.41) is 3.01. The monoisotopic (exact) mass is 357 g/mol. The first-order valence-electron chi connectivity index (χ1n) is 9.46. The third-order valence-corrected chi connectivity index (χ3v) is 5.33. The van der Waals surface area contributed by atoms with Gasteiger partial charge >= 0.3 is 0 Å². The summed E-state index contributed by atoms with van der Waals surface area (Å²) < 4.78 is 0. The van der Waals surface area contributed by atoms with Crippen LogP contribution in [0.25, 0.3) is 0 Å². The minimum Gasteiger partial charge on any atom is -0.369 e. The molecule has 3 rings (SSSR count). The van der Waals surface area contributed by atoms with E-state index in [2.05, 4.69) is 11.4 Å². The van der Waals surface area contributed by atoms with Gasteiger partial charge < -0.3 is 11.1 Å². The number of Topliss-reactive ketones (excluding diaryl/α,β-unsaturated/α-hetero) is 1. The lowest BCUT2D eigenvalue weighted by Crippen LogP contribution is -2.46. The summed E-state index contributed by atoms with van der Waals surface area (Å²) in [6.07, 6.45) is 5.38. The molecule has 1 saturated heterocycles. The van der Waals surface area contributed by atoms with E-state index in [9.17, 15) is 14.4 Å². The number of likely N-dealkylation sites (tertiary alicyclic amines) is 1. The number of amides is 2. The SMILES string of the molecule is NC(=O)CN1CCC(NC(=O)CCC(=O)c2ccc3c(c2)CCC3)CC1. The molecule has 0 unspecified atom stereocenters. The highest BCUT2D eigenvalue weighted by Crippen LogP contribution is 2.23. The number of carbonyl (C=O) groups excluding carboxylic acids is 3. The van der Waals surface area contributed by atoms with Crippen molar-refractivity contribution in [1.29, 1.82) is 0 Å². The highest BCUT2D eigenvalue weighted by Gasteiger charge is 2.22. The van der Waals surface area contributed by atoms with Crippen LogP contribution in [0.4, 0.5) is 0 Å². The Morgan fingerprint density at radius 3 is 2.54 bits per heavy atom. The largest absolute Gasteiger partial charge is 0.369 e. The average molecular weight is 357 g/mol. The molecule has 6 nitrogen and oxygen atoms in total. The fourth-order valence-corrected chi connectivity index (χ4v) is 3.87. The summed E-state index contributed by atoms with van der Waals surface area (Å²) >= 11 is 0. The Balaban J connectivity index is 1.40. The zero-order valence-corrected chi connectivity index (χ0v) is 15.1. The van der Waals surface area contributed by atoms with Crippen LogP contribution in [0.3, 0.4) is 0 Å². The Kier molecular flexibility index (Phi) is 6.04. The number of aryl methyl sites for hydroxylation is 2. The second-order valence-corrected chi connectivity index (χ2v) is 7.34. The number of ketones is 1. The normalized spacial score (nSPS) is 17.7. The number of nitrogens with two attached hydrogens (primary N) is 1. The number of rotatable bonds is 7. The van der Waals surface area contributed by atoms with E-state index in [-0.39, 0.29) is 43.0 Å². The molecular formula is C20H27N3O3. The molecule has 0 atom stereocenters. The standard InChI is InChI=1S/C20H27N3O3/c21-19(25)13-23-10-8-17(9-11-23)22-20(26)7-6-18(24)16-5-4-14-2-1-3-15(14)12-16/h4-5,12,17H,1-3,6-11,13H2,(H2,21,25)(H,22,26). The first-order valence-corrected chi connectivity index (χ1v) is 9.46. The molecule has 1 fully saturated rings. The molecule has 1 aliphatic carbocycles. The van der Waals surface area contributed by atoms with E-state index in [1.165, 1.54) is 11.1 Å². The summed E-state index contributed by atoms with van der Waals surface area (Å²) in [6.45, 7) is 1.78. The minimum atomic E-state index is -0.322. The molecule has 26 heavy (non-hydrogen) atoms. The van der Waals surface area contributed by atoms with Crippen molar-refractivity contribution in [2.45, 2.75) is 51.0 Å². The quantitative estimate of drug-likeness (QED) is 0.717. The average Bonchev–Trinajstić information content (AvgIpc) is 3.08. The Labute approximate surface area is 154 Å². The van der Waals surface area contributed by atoms with Crippen LogP contribution >= 0.6 is 0 Å². The fraction of sp³-hybridized carbons (Fsp3) is 0.550. The van der Waals surface area contributed by atoms with Crippen LogP contribution in [0.1, 0.15) is 53.6 Å². The number of nitrogens with one attached hydrogen (secondary N) is 1. The van der Waals surface area contributed by atoms with E-state index in [1.54, 1.807) is 0 Å². The maximum atomic E-state index is 12.4. The second kappa shape index (κ2) is 8.45. The number of hydrogen-bond donors (Lipinski definition) is 2. The summed E-state index contributed by atoms with van der Waals surface area (Å²) in [4.78, 5) is 37.4. The van der Waals surface area contributed by atoms with Gasteiger partial charge in [0.15, 0.2) is 5.78 Å². The lowest BCUT2D eigenvalue weighted by atomic mass is 10.0. The van der Waals surface area contributed by atoms with Crippen molar-refractivity contribution in [3.8, 4) is 0 Å². The molecule has 0 aromatic heterocycles. The number of carbonyl (C=O) groups is 3. The van der Waals surface area contributed by atoms with E-state index in [4.69, 9.17) is 5.73 Å². The van der Waals surface area contributed by atoms with Gasteiger partial charge in [0.05, 0.1) is 6.54 Å². The van der Waals surface area contributed by atoms with Crippen molar-refractivity contribution < 1.29 is 14.4 Å². The van der Waals surface area contributed by atoms with Gasteiger partial charge in [-0.1, -0.05) is 12.1 Å². The third-order valence-electron chi connectivity index (χ3n) is 5.33. The molecule has 1 aromatic carbocycles. The first kappa shape index (κ1) is 18.6. The maximum Gasteiger partial charge on any atom is 0.231 e. The smallest absolute Gasteiger partial charge is 0.231 e. The van der Waals surface area contributed by atoms with Crippen LogP contribution in [0.2, 0.25) is 0 Å². The van der Waals surface area contributed by atoms with E-state index in [1.807, 2.05) is 17.0 Å². The van der Waals surface area contributed by atoms with Gasteiger partial charge in [0, 0.05) is 37.5 Å². The third kappa shape index (κ3) is 4.91. The van der Waals surface area contributed by atoms with Crippen molar-refractivity contribution in [1.82, 2.24) is 10.2 Å². The Morgan fingerprint density at radius 2 is 1.81 bits per heavy atom. The van der Waals surface area contributed by atoms with Gasteiger partial charge in [0.2, 0.25) is 11.8 Å². The topological polar surface area (TPSA) is 92.5 Å². The molecule has 140 valence electrons. The van der Waals surface area contributed by atoms with Crippen LogP contribution < -0.4 is 11.1 Å². The molecule has 0 bridgehead atoms. The van der Waals surface area contributed by atoms with Crippen LogP contribution in [0.15, 0.2) is 18.2 Å². The molecule has 1 aromatic rings. The van der Waals surface area contributed by atoms with Gasteiger partial charge in [-0.05, 0) is 49.3 Å². The number of piperidine rings is 1. The van der Waals surface area contributed by atoms with Crippen molar-refractivity contribution in [3.63, 3.8) is 0 Å². The van der Waals surface area contributed by atoms with Gasteiger partial charge in [0.1, 0.15) is 0 Å². The van der Waals surface area contributed by atoms with Gasteiger partial charge in [-0.15, -0.1) is 0 Å². The van der Waals surface area contributed by atoms with Crippen LogP contribution in [-0.4, -0.2) is 48.2 Å². The lowest BCUT2D eigenvalue weighted by Gasteiger charge is -2.31. The molecule has 1 aliphatic heterocycles. The number of hydrogen-bond acceptors (Lipinski definition) is 4. The Morgan fingerprint density at radius 1 is 1.08 bits per heavy atom. The van der Waals surface area contributed by atoms with Gasteiger partial charge in [-0.2, -0.15) is 0 Å². The number of nitrogens with zero attached hydrogens (tertiary/aromatic N) is 1. The van der Waals surface area contributed by atoms with Crippen molar-refractivity contribution >= 4 is 17.6 Å². The number of benzene rings is 1. The molecule has 0 saturated carbocycles. The van der Waals surface area contributed by atoms with E-state index in [0.717, 1.165) is 50.8 Å². The number of primary amides is 1. The molecule has 0 spiro atoms. The summed E-state index contributed by atoms with van der Waals surface area (Å²) in [5.74, 6) is -0.364. The maximum absolute atomic E-state index is 12.4. The van der Waals surface area contributed by atoms with Crippen LogP contribution in [-0.2, 0) is 22.4 Å². The molecule has 2 amide bonds. The highest BCUT2D eigenvalue weighted by atomic mass is 16.2. The van der Waals surface area contributed by atoms with Gasteiger partial charge in [-0.3, -0.25) is 19.3 Å². The van der Waals surface area contributed by atoms with Crippen LogP contribution in [0.5, 0.6) is 0 Å².